The van der Waals surface area contributed by atoms with E-state index in [1.54, 1.807) is 15.1 Å². The number of fused-ring (bicyclic) bond motifs is 2. The zero-order chi connectivity index (χ0) is 27.1. The Morgan fingerprint density at radius 2 is 1.05 bits per heavy atom. The van der Waals surface area contributed by atoms with Crippen molar-refractivity contribution in [1.82, 2.24) is 39.6 Å². The Morgan fingerprint density at radius 1 is 0.600 bits per heavy atom. The third-order valence-corrected chi connectivity index (χ3v) is 8.23. The highest BCUT2D eigenvalue weighted by Gasteiger charge is 2.15. The first-order valence-electron chi connectivity index (χ1n) is 11.9. The lowest BCUT2D eigenvalue weighted by Crippen LogP contribution is -2.04. The summed E-state index contributed by atoms with van der Waals surface area (Å²) in [5.74, 6) is 2.41. The van der Waals surface area contributed by atoms with Gasteiger partial charge in [0.2, 0.25) is 9.92 Å². The minimum atomic E-state index is 0.186. The van der Waals surface area contributed by atoms with Gasteiger partial charge in [-0.2, -0.15) is 19.2 Å². The maximum atomic E-state index is 6.00. The fraction of sp³-hybridized carbons (Fsp3) is 0.0769. The molecule has 4 aromatic heterocycles. The first-order valence-corrected chi connectivity index (χ1v) is 14.3. The van der Waals surface area contributed by atoms with Gasteiger partial charge in [0.1, 0.15) is 34.7 Å². The monoisotopic (exact) mass is 606 g/mol. The zero-order valence-electron chi connectivity index (χ0n) is 20.3. The van der Waals surface area contributed by atoms with Crippen LogP contribution in [0.4, 0.5) is 0 Å². The number of ether oxygens (including phenoxy) is 2. The highest BCUT2D eigenvalue weighted by atomic mass is 35.5. The van der Waals surface area contributed by atoms with Gasteiger partial charge >= 0.3 is 0 Å². The summed E-state index contributed by atoms with van der Waals surface area (Å²) in [6.45, 7) is 0.372. The van der Waals surface area contributed by atoms with Crippen molar-refractivity contribution in [2.45, 2.75) is 13.2 Å². The molecule has 7 aromatic rings. The summed E-state index contributed by atoms with van der Waals surface area (Å²) in [7, 11) is 0. The molecule has 0 saturated carbocycles. The summed E-state index contributed by atoms with van der Waals surface area (Å²) in [4.78, 5) is 1.36. The van der Waals surface area contributed by atoms with Crippen molar-refractivity contribution in [3.63, 3.8) is 0 Å². The molecule has 0 aliphatic rings. The minimum absolute atomic E-state index is 0.186. The maximum Gasteiger partial charge on any atom is 0.235 e. The van der Waals surface area contributed by atoms with E-state index in [0.717, 1.165) is 21.1 Å². The predicted molar refractivity (Wildman–Crippen MR) is 153 cm³/mol. The van der Waals surface area contributed by atoms with Gasteiger partial charge in [-0.05, 0) is 36.4 Å². The molecule has 40 heavy (non-hydrogen) atoms. The highest BCUT2D eigenvalue weighted by Crippen LogP contribution is 2.29. The summed E-state index contributed by atoms with van der Waals surface area (Å²) < 4.78 is 15.4. The van der Waals surface area contributed by atoms with E-state index in [9.17, 15) is 0 Å². The number of hydrogen-bond donors (Lipinski definition) is 0. The third kappa shape index (κ3) is 4.97. The molecule has 14 heteroatoms. The number of rotatable bonds is 8. The van der Waals surface area contributed by atoms with Crippen molar-refractivity contribution in [3.05, 3.63) is 94.5 Å². The Kier molecular flexibility index (Phi) is 6.52. The van der Waals surface area contributed by atoms with Crippen molar-refractivity contribution in [2.75, 3.05) is 0 Å². The lowest BCUT2D eigenvalue weighted by atomic mass is 10.2. The van der Waals surface area contributed by atoms with Crippen LogP contribution in [0.15, 0.2) is 72.8 Å². The van der Waals surface area contributed by atoms with Crippen LogP contribution in [0.3, 0.4) is 0 Å². The number of benzene rings is 3. The number of hydrogen-bond acceptors (Lipinski definition) is 10. The largest absolute Gasteiger partial charge is 0.485 e. The van der Waals surface area contributed by atoms with Crippen LogP contribution in [0.1, 0.15) is 11.6 Å². The van der Waals surface area contributed by atoms with Gasteiger partial charge in [0, 0.05) is 27.2 Å². The average Bonchev–Trinajstić information content (AvgIpc) is 3.74. The second kappa shape index (κ2) is 10.5. The van der Waals surface area contributed by atoms with Crippen LogP contribution in [0, 0.1) is 0 Å². The van der Waals surface area contributed by atoms with Gasteiger partial charge < -0.3 is 9.47 Å². The SMILES string of the molecule is Clc1ccc(-c2nn3c(COc4cccc(OCc5nnc6sc(-c7ccc(Cl)cc7)nn56)c4)nnc3s2)cc1. The fourth-order valence-corrected chi connectivity index (χ4v) is 5.84. The summed E-state index contributed by atoms with van der Waals surface area (Å²) >= 11 is 14.9. The minimum Gasteiger partial charge on any atom is -0.485 e. The molecule has 4 heterocycles. The Bertz CT molecular complexity index is 1810. The van der Waals surface area contributed by atoms with Crippen molar-refractivity contribution in [1.29, 1.82) is 0 Å². The highest BCUT2D eigenvalue weighted by molar-refractivity contribution is 7.20. The van der Waals surface area contributed by atoms with Gasteiger partial charge in [-0.25, -0.2) is 0 Å². The summed E-state index contributed by atoms with van der Waals surface area (Å²) in [5.41, 5.74) is 1.92. The van der Waals surface area contributed by atoms with Gasteiger partial charge in [-0.3, -0.25) is 0 Å². The molecule has 0 amide bonds. The van der Waals surface area contributed by atoms with E-state index in [-0.39, 0.29) is 13.2 Å². The molecule has 198 valence electrons. The third-order valence-electron chi connectivity index (χ3n) is 5.83. The Labute approximate surface area is 244 Å². The standard InChI is InChI=1S/C26H16Cl2N8O2S2/c27-17-8-4-15(5-9-17)23-33-35-21(29-31-25(35)39-23)13-37-19-2-1-3-20(12-19)38-14-22-30-32-26-36(22)34-24(40-26)16-6-10-18(28)11-7-16/h1-12H,13-14H2. The molecule has 0 unspecified atom stereocenters. The van der Waals surface area contributed by atoms with Crippen LogP contribution >= 0.6 is 45.9 Å². The van der Waals surface area contributed by atoms with Crippen LogP contribution in [0.2, 0.25) is 10.0 Å². The van der Waals surface area contributed by atoms with E-state index in [2.05, 4.69) is 30.6 Å². The molecule has 0 N–H and O–H groups in total. The van der Waals surface area contributed by atoms with Crippen LogP contribution < -0.4 is 9.47 Å². The first-order chi connectivity index (χ1) is 19.6. The molecule has 0 aliphatic carbocycles. The molecule has 0 bridgehead atoms. The number of nitrogens with zero attached hydrogens (tertiary/aromatic N) is 8. The predicted octanol–water partition coefficient (Wildman–Crippen LogP) is 6.48. The summed E-state index contributed by atoms with van der Waals surface area (Å²) in [6.07, 6.45) is 0. The zero-order valence-corrected chi connectivity index (χ0v) is 23.5. The van der Waals surface area contributed by atoms with E-state index >= 15 is 0 Å². The Balaban J connectivity index is 1.02. The molecule has 0 aliphatic heterocycles. The van der Waals surface area contributed by atoms with Crippen molar-refractivity contribution < 1.29 is 9.47 Å². The van der Waals surface area contributed by atoms with E-state index in [1.165, 1.54) is 22.7 Å². The van der Waals surface area contributed by atoms with Crippen molar-refractivity contribution >= 4 is 55.8 Å². The van der Waals surface area contributed by atoms with Gasteiger partial charge in [-0.1, -0.05) is 76.2 Å². The molecule has 10 nitrogen and oxygen atoms in total. The molecule has 0 saturated heterocycles. The Hall–Kier alpha value is -4.10. The smallest absolute Gasteiger partial charge is 0.235 e. The van der Waals surface area contributed by atoms with Gasteiger partial charge in [-0.15, -0.1) is 20.4 Å². The lowest BCUT2D eigenvalue weighted by Gasteiger charge is -2.08. The quantitative estimate of drug-likeness (QED) is 0.193. The molecule has 0 atom stereocenters. The fourth-order valence-electron chi connectivity index (χ4n) is 3.86. The van der Waals surface area contributed by atoms with E-state index in [4.69, 9.17) is 32.7 Å². The van der Waals surface area contributed by atoms with Crippen molar-refractivity contribution in [2.24, 2.45) is 0 Å². The molecule has 0 spiro atoms. The molecule has 7 rings (SSSR count). The van der Waals surface area contributed by atoms with Crippen LogP contribution in [-0.2, 0) is 13.2 Å². The van der Waals surface area contributed by atoms with Gasteiger partial charge in [0.15, 0.2) is 11.6 Å². The molecular weight excluding hydrogens is 591 g/mol. The molecule has 3 aromatic carbocycles. The van der Waals surface area contributed by atoms with E-state index in [1.807, 2.05) is 66.7 Å². The van der Waals surface area contributed by atoms with Gasteiger partial charge in [0.25, 0.3) is 0 Å². The summed E-state index contributed by atoms with van der Waals surface area (Å²) in [5, 5.41) is 29.2. The topological polar surface area (TPSA) is 105 Å². The maximum absolute atomic E-state index is 6.00. The molecule has 0 fully saturated rings. The normalized spacial score (nSPS) is 11.4. The van der Waals surface area contributed by atoms with Crippen LogP contribution in [-0.4, -0.2) is 39.6 Å². The number of halogens is 2. The first kappa shape index (κ1) is 24.9. The van der Waals surface area contributed by atoms with Gasteiger partial charge in [0.05, 0.1) is 0 Å². The lowest BCUT2D eigenvalue weighted by molar-refractivity contribution is 0.277. The second-order valence-electron chi connectivity index (χ2n) is 8.50. The van der Waals surface area contributed by atoms with E-state index in [0.29, 0.717) is 43.1 Å². The van der Waals surface area contributed by atoms with Crippen molar-refractivity contribution in [3.8, 4) is 32.6 Å². The summed E-state index contributed by atoms with van der Waals surface area (Å²) in [6, 6.07) is 22.4. The van der Waals surface area contributed by atoms with E-state index < -0.39 is 0 Å². The molecular formula is C26H16Cl2N8O2S2. The average molecular weight is 608 g/mol. The van der Waals surface area contributed by atoms with Crippen LogP contribution in [0.5, 0.6) is 11.5 Å². The number of aromatic nitrogens is 8. The van der Waals surface area contributed by atoms with Crippen LogP contribution in [0.25, 0.3) is 31.1 Å². The Morgan fingerprint density at radius 3 is 1.50 bits per heavy atom. The second-order valence-corrected chi connectivity index (χ2v) is 11.3. The molecule has 0 radical (unpaired) electrons.